The number of aliphatic hydroxyl groups excluding tert-OH is 4. The number of aliphatic carboxylic acids is 1. The quantitative estimate of drug-likeness (QED) is 0.244. The van der Waals surface area contributed by atoms with Gasteiger partial charge in [-0.15, -0.1) is 0 Å². The fourth-order valence-corrected chi connectivity index (χ4v) is 0.300. The van der Waals surface area contributed by atoms with E-state index in [0.29, 0.717) is 0 Å². The molecule has 0 unspecified atom stereocenters. The molecule has 0 spiro atoms. The van der Waals surface area contributed by atoms with Crippen molar-refractivity contribution >= 4 is 31.2 Å². The predicted molar refractivity (Wildman–Crippen MR) is 64.8 cm³/mol. The second-order valence-electron chi connectivity index (χ2n) is 3.46. The first-order chi connectivity index (χ1) is 7.19. The molecule has 0 heterocycles. The topological polar surface area (TPSA) is 118 Å². The van der Waals surface area contributed by atoms with E-state index in [4.69, 9.17) is 25.5 Å². The molecular formula is C8H18O6S2. The lowest BCUT2D eigenvalue weighted by Crippen LogP contribution is -2.37. The van der Waals surface area contributed by atoms with Crippen molar-refractivity contribution in [1.82, 2.24) is 0 Å². The van der Waals surface area contributed by atoms with E-state index in [0.717, 1.165) is 0 Å². The van der Waals surface area contributed by atoms with Crippen molar-refractivity contribution in [2.24, 2.45) is 5.41 Å². The molecule has 0 fully saturated rings. The smallest absolute Gasteiger partial charge is 0.329 e. The molecule has 0 saturated heterocycles. The molecule has 6 nitrogen and oxygen atoms in total. The number of hydrogen-bond acceptors (Lipinski definition) is 7. The molecule has 0 atom stereocenters. The number of carboxylic acid groups (broad SMARTS) is 1. The highest BCUT2D eigenvalue weighted by Gasteiger charge is 2.26. The van der Waals surface area contributed by atoms with E-state index in [2.05, 4.69) is 25.3 Å². The fourth-order valence-electron chi connectivity index (χ4n) is 0.300. The van der Waals surface area contributed by atoms with E-state index in [-0.39, 0.29) is 0 Å². The van der Waals surface area contributed by atoms with Crippen LogP contribution in [0.4, 0.5) is 0 Å². The molecule has 0 radical (unpaired) electrons. The summed E-state index contributed by atoms with van der Waals surface area (Å²) in [5.74, 6) is -1.03. The van der Waals surface area contributed by atoms with Crippen LogP contribution in [0, 0.1) is 5.41 Å². The maximum atomic E-state index is 9.87. The Kier molecular flexibility index (Phi) is 9.36. The summed E-state index contributed by atoms with van der Waals surface area (Å²) in [6.45, 7) is -0.235. The summed E-state index contributed by atoms with van der Waals surface area (Å²) in [7, 11) is 0. The van der Waals surface area contributed by atoms with Gasteiger partial charge in [-0.3, -0.25) is 0 Å². The minimum absolute atomic E-state index is 0.406. The molecule has 0 bridgehead atoms. The van der Waals surface area contributed by atoms with Gasteiger partial charge in [-0.1, -0.05) is 0 Å². The molecule has 0 amide bonds. The van der Waals surface area contributed by atoms with Gasteiger partial charge < -0.3 is 25.5 Å². The van der Waals surface area contributed by atoms with Crippen molar-refractivity contribution in [1.29, 1.82) is 0 Å². The van der Waals surface area contributed by atoms with Crippen LogP contribution in [0.1, 0.15) is 6.92 Å². The van der Waals surface area contributed by atoms with E-state index in [9.17, 15) is 4.79 Å². The predicted octanol–water partition coefficient (Wildman–Crippen LogP) is -1.41. The molecule has 16 heavy (non-hydrogen) atoms. The SMILES string of the molecule is CC(S)(S)C(=O)O.OCC(CO)(CO)CO. The van der Waals surface area contributed by atoms with Crippen LogP contribution < -0.4 is 0 Å². The summed E-state index contributed by atoms with van der Waals surface area (Å²) < 4.78 is -1.19. The van der Waals surface area contributed by atoms with Crippen LogP contribution in [0.5, 0.6) is 0 Å². The van der Waals surface area contributed by atoms with Gasteiger partial charge in [0, 0.05) is 0 Å². The highest BCUT2D eigenvalue weighted by Crippen LogP contribution is 2.17. The molecule has 0 aromatic carbocycles. The monoisotopic (exact) mass is 274 g/mol. The van der Waals surface area contributed by atoms with Gasteiger partial charge in [0.15, 0.2) is 0 Å². The van der Waals surface area contributed by atoms with Gasteiger partial charge in [0.1, 0.15) is 4.08 Å². The van der Waals surface area contributed by atoms with Gasteiger partial charge in [-0.2, -0.15) is 25.3 Å². The molecule has 0 aliphatic rings. The third-order valence-electron chi connectivity index (χ3n) is 1.75. The second-order valence-corrected chi connectivity index (χ2v) is 5.60. The third-order valence-corrected chi connectivity index (χ3v) is 2.13. The van der Waals surface area contributed by atoms with Gasteiger partial charge in [-0.05, 0) is 6.92 Å². The lowest BCUT2D eigenvalue weighted by molar-refractivity contribution is -0.136. The molecule has 0 rings (SSSR count). The summed E-state index contributed by atoms with van der Waals surface area (Å²) in [4.78, 5) is 9.87. The lowest BCUT2D eigenvalue weighted by Gasteiger charge is -2.23. The van der Waals surface area contributed by atoms with Gasteiger partial charge >= 0.3 is 5.97 Å². The number of thiol groups is 2. The average Bonchev–Trinajstić information content (AvgIpc) is 2.21. The van der Waals surface area contributed by atoms with Crippen LogP contribution >= 0.6 is 25.3 Å². The Hall–Kier alpha value is 0.01000. The largest absolute Gasteiger partial charge is 0.480 e. The van der Waals surface area contributed by atoms with Crippen molar-refractivity contribution in [3.63, 3.8) is 0 Å². The molecule has 0 aliphatic carbocycles. The summed E-state index contributed by atoms with van der Waals surface area (Å²) in [5.41, 5.74) is -1.11. The fraction of sp³-hybridized carbons (Fsp3) is 0.875. The van der Waals surface area contributed by atoms with Crippen LogP contribution in [-0.4, -0.2) is 62.0 Å². The summed E-state index contributed by atoms with van der Waals surface area (Å²) in [6.07, 6.45) is 0. The van der Waals surface area contributed by atoms with Crippen LogP contribution in [0.3, 0.4) is 0 Å². The molecule has 0 aliphatic heterocycles. The van der Waals surface area contributed by atoms with E-state index < -0.39 is 41.9 Å². The van der Waals surface area contributed by atoms with Crippen molar-refractivity contribution in [3.8, 4) is 0 Å². The minimum atomic E-state index is -1.19. The Balaban J connectivity index is 0. The lowest BCUT2D eigenvalue weighted by atomic mass is 9.93. The first-order valence-electron chi connectivity index (χ1n) is 4.30. The van der Waals surface area contributed by atoms with Crippen LogP contribution in [0.25, 0.3) is 0 Å². The number of carbonyl (C=O) groups is 1. The summed E-state index contributed by atoms with van der Waals surface area (Å²) in [6, 6.07) is 0. The molecule has 98 valence electrons. The van der Waals surface area contributed by atoms with Crippen molar-refractivity contribution in [3.05, 3.63) is 0 Å². The highest BCUT2D eigenvalue weighted by atomic mass is 32.2. The maximum absolute atomic E-state index is 9.87. The first-order valence-corrected chi connectivity index (χ1v) is 5.20. The minimum Gasteiger partial charge on any atom is -0.480 e. The van der Waals surface area contributed by atoms with E-state index in [1.165, 1.54) is 6.92 Å². The van der Waals surface area contributed by atoms with Gasteiger partial charge in [-0.25, -0.2) is 4.79 Å². The Bertz CT molecular complexity index is 182. The Labute approximate surface area is 105 Å². The zero-order valence-corrected chi connectivity index (χ0v) is 10.7. The number of aliphatic hydroxyl groups is 4. The molecule has 0 saturated carbocycles. The Morgan fingerprint density at radius 1 is 1.00 bits per heavy atom. The molecular weight excluding hydrogens is 256 g/mol. The van der Waals surface area contributed by atoms with Gasteiger partial charge in [0.05, 0.1) is 31.8 Å². The average molecular weight is 274 g/mol. The van der Waals surface area contributed by atoms with E-state index >= 15 is 0 Å². The molecule has 5 N–H and O–H groups in total. The number of carboxylic acids is 1. The maximum Gasteiger partial charge on any atom is 0.329 e. The first kappa shape index (κ1) is 18.4. The normalized spacial score (nSPS) is 11.7. The Morgan fingerprint density at radius 2 is 1.19 bits per heavy atom. The van der Waals surface area contributed by atoms with Crippen molar-refractivity contribution in [2.75, 3.05) is 26.4 Å². The Morgan fingerprint density at radius 3 is 1.19 bits per heavy atom. The zero-order valence-electron chi connectivity index (χ0n) is 8.87. The van der Waals surface area contributed by atoms with Gasteiger partial charge in [0.2, 0.25) is 0 Å². The van der Waals surface area contributed by atoms with Crippen LogP contribution in [0.2, 0.25) is 0 Å². The summed E-state index contributed by atoms with van der Waals surface area (Å²) in [5, 5.41) is 42.1. The third kappa shape index (κ3) is 7.31. The molecule has 0 aromatic rings. The standard InChI is InChI=1S/C5H12O4.C3H6O2S2/c6-1-5(2-7,3-8)4-9;1-3(6,7)2(4)5/h6-9H,1-4H2;6-7H,1H3,(H,4,5). The summed E-state index contributed by atoms with van der Waals surface area (Å²) >= 11 is 7.23. The zero-order chi connectivity index (χ0) is 13.4. The molecule has 0 aromatic heterocycles. The molecule has 8 heteroatoms. The number of rotatable bonds is 5. The van der Waals surface area contributed by atoms with Crippen molar-refractivity contribution < 1.29 is 30.3 Å². The van der Waals surface area contributed by atoms with Gasteiger partial charge in [0.25, 0.3) is 0 Å². The van der Waals surface area contributed by atoms with E-state index in [1.54, 1.807) is 0 Å². The number of hydrogen-bond donors (Lipinski definition) is 7. The van der Waals surface area contributed by atoms with Crippen LogP contribution in [-0.2, 0) is 4.79 Å². The highest BCUT2D eigenvalue weighted by molar-refractivity contribution is 8.01. The second kappa shape index (κ2) is 8.15. The van der Waals surface area contributed by atoms with Crippen molar-refractivity contribution in [2.45, 2.75) is 11.0 Å². The van der Waals surface area contributed by atoms with Crippen LogP contribution in [0.15, 0.2) is 0 Å². The van der Waals surface area contributed by atoms with E-state index in [1.807, 2.05) is 0 Å².